The Hall–Kier alpha value is -1.25. The lowest BCUT2D eigenvalue weighted by Crippen LogP contribution is -2.26. The van der Waals surface area contributed by atoms with Crippen molar-refractivity contribution < 1.29 is 13.6 Å². The molecule has 1 fully saturated rings. The van der Waals surface area contributed by atoms with Crippen molar-refractivity contribution in [1.29, 1.82) is 0 Å². The van der Waals surface area contributed by atoms with Crippen molar-refractivity contribution in [2.45, 2.75) is 39.0 Å². The summed E-state index contributed by atoms with van der Waals surface area (Å²) < 4.78 is 26.2. The third-order valence-corrected chi connectivity index (χ3v) is 3.85. The summed E-state index contributed by atoms with van der Waals surface area (Å²) in [5, 5.41) is 0. The summed E-state index contributed by atoms with van der Waals surface area (Å²) in [4.78, 5) is 11.8. The topological polar surface area (TPSA) is 17.1 Å². The molecule has 1 nitrogen and oxygen atoms in total. The first-order valence-electron chi connectivity index (χ1n) is 6.56. The van der Waals surface area contributed by atoms with Crippen LogP contribution in [0.4, 0.5) is 8.78 Å². The minimum atomic E-state index is -0.569. The first kappa shape index (κ1) is 13.2. The molecule has 18 heavy (non-hydrogen) atoms. The van der Waals surface area contributed by atoms with Crippen molar-refractivity contribution in [3.63, 3.8) is 0 Å². The molecule has 0 radical (unpaired) electrons. The van der Waals surface area contributed by atoms with E-state index in [1.807, 2.05) is 0 Å². The summed E-state index contributed by atoms with van der Waals surface area (Å²) in [6.07, 6.45) is 3.96. The fourth-order valence-corrected chi connectivity index (χ4v) is 2.78. The highest BCUT2D eigenvalue weighted by molar-refractivity contribution is 5.82. The summed E-state index contributed by atoms with van der Waals surface area (Å²) >= 11 is 0. The number of carbonyl (C=O) groups is 1. The van der Waals surface area contributed by atoms with Gasteiger partial charge in [0.05, 0.1) is 0 Å². The zero-order valence-electron chi connectivity index (χ0n) is 10.6. The number of Topliss-reactive ketones (excluding diaryl/α,β-unsaturated/α-hetero) is 1. The molecule has 1 aromatic carbocycles. The van der Waals surface area contributed by atoms with Gasteiger partial charge in [0.2, 0.25) is 0 Å². The number of hydrogen-bond acceptors (Lipinski definition) is 1. The second-order valence-corrected chi connectivity index (χ2v) is 5.19. The maximum Gasteiger partial charge on any atom is 0.136 e. The van der Waals surface area contributed by atoms with Crippen LogP contribution in [0.5, 0.6) is 0 Å². The van der Waals surface area contributed by atoms with Crippen LogP contribution in [-0.4, -0.2) is 5.78 Å². The Balaban J connectivity index is 2.09. The van der Waals surface area contributed by atoms with Crippen LogP contribution in [0.3, 0.4) is 0 Å². The van der Waals surface area contributed by atoms with Crippen LogP contribution < -0.4 is 0 Å². The van der Waals surface area contributed by atoms with Crippen LogP contribution in [0, 0.1) is 23.5 Å². The van der Waals surface area contributed by atoms with E-state index in [1.54, 1.807) is 0 Å². The van der Waals surface area contributed by atoms with Gasteiger partial charge in [0.15, 0.2) is 0 Å². The summed E-state index contributed by atoms with van der Waals surface area (Å²) in [7, 11) is 0. The molecule has 1 aliphatic rings. The highest BCUT2D eigenvalue weighted by Gasteiger charge is 2.27. The molecule has 1 aromatic rings. The number of halogens is 2. The van der Waals surface area contributed by atoms with Gasteiger partial charge in [-0.2, -0.15) is 0 Å². The van der Waals surface area contributed by atoms with Crippen LogP contribution in [0.25, 0.3) is 0 Å². The number of rotatable bonds is 3. The Labute approximate surface area is 106 Å². The lowest BCUT2D eigenvalue weighted by molar-refractivity contribution is -0.125. The van der Waals surface area contributed by atoms with Gasteiger partial charge in [0.1, 0.15) is 17.4 Å². The molecule has 0 bridgehead atoms. The van der Waals surface area contributed by atoms with Gasteiger partial charge in [-0.3, -0.25) is 4.79 Å². The summed E-state index contributed by atoms with van der Waals surface area (Å²) in [5.74, 6) is -0.388. The van der Waals surface area contributed by atoms with Crippen molar-refractivity contribution in [3.05, 3.63) is 35.4 Å². The largest absolute Gasteiger partial charge is 0.299 e. The van der Waals surface area contributed by atoms with Gasteiger partial charge in [-0.05, 0) is 42.9 Å². The van der Waals surface area contributed by atoms with Crippen molar-refractivity contribution in [2.75, 3.05) is 0 Å². The molecular weight excluding hydrogens is 234 g/mol. The molecule has 0 heterocycles. The lowest BCUT2D eigenvalue weighted by atomic mass is 9.77. The molecule has 0 N–H and O–H groups in total. The van der Waals surface area contributed by atoms with Gasteiger partial charge >= 0.3 is 0 Å². The van der Waals surface area contributed by atoms with E-state index in [4.69, 9.17) is 0 Å². The van der Waals surface area contributed by atoms with Crippen LogP contribution >= 0.6 is 0 Å². The fraction of sp³-hybridized carbons (Fsp3) is 0.533. The maximum atomic E-state index is 13.1. The number of hydrogen-bond donors (Lipinski definition) is 0. The van der Waals surface area contributed by atoms with E-state index >= 15 is 0 Å². The minimum absolute atomic E-state index is 0.0649. The van der Waals surface area contributed by atoms with Crippen LogP contribution in [0.1, 0.15) is 38.2 Å². The van der Waals surface area contributed by atoms with E-state index in [-0.39, 0.29) is 11.7 Å². The predicted octanol–water partition coefficient (Wildman–Crippen LogP) is 3.90. The average Bonchev–Trinajstić information content (AvgIpc) is 2.30. The zero-order valence-corrected chi connectivity index (χ0v) is 10.6. The molecule has 0 spiro atoms. The highest BCUT2D eigenvalue weighted by atomic mass is 19.1. The Morgan fingerprint density at radius 1 is 1.22 bits per heavy atom. The van der Waals surface area contributed by atoms with Gasteiger partial charge in [-0.15, -0.1) is 0 Å². The lowest BCUT2D eigenvalue weighted by Gasteiger charge is -2.27. The highest BCUT2D eigenvalue weighted by Crippen LogP contribution is 2.31. The molecule has 0 aromatic heterocycles. The molecule has 3 heteroatoms. The van der Waals surface area contributed by atoms with Gasteiger partial charge in [-0.1, -0.05) is 13.3 Å². The van der Waals surface area contributed by atoms with Gasteiger partial charge in [0, 0.05) is 18.4 Å². The summed E-state index contributed by atoms with van der Waals surface area (Å²) in [6, 6.07) is 3.51. The monoisotopic (exact) mass is 252 g/mol. The van der Waals surface area contributed by atoms with Gasteiger partial charge < -0.3 is 0 Å². The molecule has 2 atom stereocenters. The Kier molecular flexibility index (Phi) is 4.10. The predicted molar refractivity (Wildman–Crippen MR) is 66.2 cm³/mol. The van der Waals surface area contributed by atoms with E-state index in [0.29, 0.717) is 24.3 Å². The number of benzene rings is 1. The third kappa shape index (κ3) is 3.15. The summed E-state index contributed by atoms with van der Waals surface area (Å²) in [5.41, 5.74) is 0.586. The first-order valence-corrected chi connectivity index (χ1v) is 6.56. The SMILES string of the molecule is CCC1CCC(=O)C(Cc2cc(F)cc(F)c2)C1. The third-order valence-electron chi connectivity index (χ3n) is 3.85. The Morgan fingerprint density at radius 3 is 2.50 bits per heavy atom. The first-order chi connectivity index (χ1) is 8.58. The second kappa shape index (κ2) is 5.59. The normalized spacial score (nSPS) is 24.3. The standard InChI is InChI=1S/C15H18F2O/c1-2-10-3-4-15(18)12(5-10)6-11-7-13(16)9-14(17)8-11/h7-10,12H,2-6H2,1H3. The molecule has 0 aliphatic heterocycles. The van der Waals surface area contributed by atoms with E-state index in [1.165, 1.54) is 12.1 Å². The molecule has 0 saturated heterocycles. The molecule has 0 amide bonds. The van der Waals surface area contributed by atoms with Crippen molar-refractivity contribution in [3.8, 4) is 0 Å². The molecule has 2 unspecified atom stereocenters. The fourth-order valence-electron chi connectivity index (χ4n) is 2.78. The molecular formula is C15H18F2O. The van der Waals surface area contributed by atoms with Gasteiger partial charge in [0.25, 0.3) is 0 Å². The number of ketones is 1. The van der Waals surface area contributed by atoms with Crippen molar-refractivity contribution in [1.82, 2.24) is 0 Å². The molecule has 1 saturated carbocycles. The van der Waals surface area contributed by atoms with Crippen LogP contribution in [0.2, 0.25) is 0 Å². The Morgan fingerprint density at radius 2 is 1.89 bits per heavy atom. The van der Waals surface area contributed by atoms with E-state index in [2.05, 4.69) is 6.92 Å². The molecule has 1 aliphatic carbocycles. The maximum absolute atomic E-state index is 13.1. The van der Waals surface area contributed by atoms with Crippen LogP contribution in [-0.2, 0) is 11.2 Å². The van der Waals surface area contributed by atoms with Crippen LogP contribution in [0.15, 0.2) is 18.2 Å². The van der Waals surface area contributed by atoms with E-state index in [9.17, 15) is 13.6 Å². The smallest absolute Gasteiger partial charge is 0.136 e. The quantitative estimate of drug-likeness (QED) is 0.797. The van der Waals surface area contributed by atoms with E-state index < -0.39 is 11.6 Å². The Bertz CT molecular complexity index is 422. The van der Waals surface area contributed by atoms with Gasteiger partial charge in [-0.25, -0.2) is 8.78 Å². The number of carbonyl (C=O) groups excluding carboxylic acids is 1. The zero-order chi connectivity index (χ0) is 13.1. The molecule has 2 rings (SSSR count). The second-order valence-electron chi connectivity index (χ2n) is 5.19. The van der Waals surface area contributed by atoms with Crippen molar-refractivity contribution in [2.24, 2.45) is 11.8 Å². The minimum Gasteiger partial charge on any atom is -0.299 e. The van der Waals surface area contributed by atoms with E-state index in [0.717, 1.165) is 25.3 Å². The summed E-state index contributed by atoms with van der Waals surface area (Å²) in [6.45, 7) is 2.12. The van der Waals surface area contributed by atoms with Crippen molar-refractivity contribution >= 4 is 5.78 Å². The average molecular weight is 252 g/mol. The molecule has 98 valence electrons.